The van der Waals surface area contributed by atoms with Crippen LogP contribution in [0.4, 0.5) is 0 Å². The summed E-state index contributed by atoms with van der Waals surface area (Å²) in [5.74, 6) is 0.259. The van der Waals surface area contributed by atoms with Gasteiger partial charge in [-0.2, -0.15) is 0 Å². The summed E-state index contributed by atoms with van der Waals surface area (Å²) in [6.07, 6.45) is 1.13. The van der Waals surface area contributed by atoms with Crippen LogP contribution in [0.3, 0.4) is 0 Å². The number of amides is 1. The lowest BCUT2D eigenvalue weighted by Crippen LogP contribution is -2.54. The van der Waals surface area contributed by atoms with E-state index in [2.05, 4.69) is 11.8 Å². The molecule has 0 aromatic carbocycles. The van der Waals surface area contributed by atoms with Gasteiger partial charge in [0.1, 0.15) is 0 Å². The summed E-state index contributed by atoms with van der Waals surface area (Å²) in [6, 6.07) is 0.0868. The third-order valence-electron chi connectivity index (χ3n) is 2.51. The standard InChI is InChI=1S/C9H18N2O/c1-4-5-11-7-6-10(3)9(12)8(11)2/h8H,4-7H2,1-3H3. The van der Waals surface area contributed by atoms with Crippen LogP contribution in [0.15, 0.2) is 0 Å². The zero-order chi connectivity index (χ0) is 9.14. The lowest BCUT2D eigenvalue weighted by atomic mass is 10.2. The van der Waals surface area contributed by atoms with Crippen molar-refractivity contribution in [2.45, 2.75) is 26.3 Å². The average Bonchev–Trinajstić information content (AvgIpc) is 2.07. The Hall–Kier alpha value is -0.570. The molecule has 1 aliphatic heterocycles. The van der Waals surface area contributed by atoms with Crippen LogP contribution in [0.2, 0.25) is 0 Å². The van der Waals surface area contributed by atoms with Crippen molar-refractivity contribution in [3.63, 3.8) is 0 Å². The molecule has 1 aliphatic rings. The largest absolute Gasteiger partial charge is 0.343 e. The van der Waals surface area contributed by atoms with E-state index in [-0.39, 0.29) is 11.9 Å². The van der Waals surface area contributed by atoms with Crippen molar-refractivity contribution in [1.29, 1.82) is 0 Å². The van der Waals surface area contributed by atoms with Gasteiger partial charge >= 0.3 is 0 Å². The second kappa shape index (κ2) is 3.90. The van der Waals surface area contributed by atoms with E-state index in [1.54, 1.807) is 0 Å². The van der Waals surface area contributed by atoms with Crippen molar-refractivity contribution in [3.8, 4) is 0 Å². The minimum Gasteiger partial charge on any atom is -0.343 e. The number of nitrogens with zero attached hydrogens (tertiary/aromatic N) is 2. The minimum atomic E-state index is 0.0868. The van der Waals surface area contributed by atoms with Gasteiger partial charge in [0.05, 0.1) is 6.04 Å². The zero-order valence-corrected chi connectivity index (χ0v) is 8.21. The summed E-state index contributed by atoms with van der Waals surface area (Å²) in [6.45, 7) is 7.09. The van der Waals surface area contributed by atoms with E-state index < -0.39 is 0 Å². The van der Waals surface area contributed by atoms with E-state index in [1.807, 2.05) is 18.9 Å². The summed E-state index contributed by atoms with van der Waals surface area (Å²) in [7, 11) is 1.88. The predicted molar refractivity (Wildman–Crippen MR) is 49.0 cm³/mol. The molecule has 0 bridgehead atoms. The molecule has 12 heavy (non-hydrogen) atoms. The molecule has 1 atom stereocenters. The molecule has 0 aromatic heterocycles. The molecule has 0 aliphatic carbocycles. The second-order valence-corrected chi connectivity index (χ2v) is 3.47. The van der Waals surface area contributed by atoms with Gasteiger partial charge in [0.2, 0.25) is 5.91 Å². The van der Waals surface area contributed by atoms with E-state index in [0.717, 1.165) is 26.1 Å². The number of piperazine rings is 1. The summed E-state index contributed by atoms with van der Waals surface area (Å²) in [5.41, 5.74) is 0. The van der Waals surface area contributed by atoms with Gasteiger partial charge in [-0.05, 0) is 19.9 Å². The van der Waals surface area contributed by atoms with Crippen molar-refractivity contribution in [2.24, 2.45) is 0 Å². The molecule has 0 spiro atoms. The van der Waals surface area contributed by atoms with E-state index >= 15 is 0 Å². The van der Waals surface area contributed by atoms with Crippen molar-refractivity contribution in [3.05, 3.63) is 0 Å². The van der Waals surface area contributed by atoms with Gasteiger partial charge in [0.25, 0.3) is 0 Å². The molecule has 0 radical (unpaired) electrons. The summed E-state index contributed by atoms with van der Waals surface area (Å²) in [5, 5.41) is 0. The summed E-state index contributed by atoms with van der Waals surface area (Å²) >= 11 is 0. The predicted octanol–water partition coefficient (Wildman–Crippen LogP) is 0.559. The third-order valence-corrected chi connectivity index (χ3v) is 2.51. The van der Waals surface area contributed by atoms with E-state index in [9.17, 15) is 4.79 Å². The molecule has 1 amide bonds. The second-order valence-electron chi connectivity index (χ2n) is 3.47. The highest BCUT2D eigenvalue weighted by molar-refractivity contribution is 5.81. The van der Waals surface area contributed by atoms with Crippen LogP contribution in [0, 0.1) is 0 Å². The topological polar surface area (TPSA) is 23.6 Å². The first kappa shape index (κ1) is 9.52. The Balaban J connectivity index is 2.52. The highest BCUT2D eigenvalue weighted by atomic mass is 16.2. The molecular formula is C9H18N2O. The van der Waals surface area contributed by atoms with Gasteiger partial charge in [-0.3, -0.25) is 9.69 Å². The van der Waals surface area contributed by atoms with E-state index in [4.69, 9.17) is 0 Å². The fourth-order valence-electron chi connectivity index (χ4n) is 1.65. The molecule has 1 saturated heterocycles. The first-order chi connectivity index (χ1) is 5.66. The number of carbonyl (C=O) groups is 1. The number of carbonyl (C=O) groups excluding carboxylic acids is 1. The first-order valence-corrected chi connectivity index (χ1v) is 4.65. The Labute approximate surface area is 74.3 Å². The highest BCUT2D eigenvalue weighted by Crippen LogP contribution is 2.09. The highest BCUT2D eigenvalue weighted by Gasteiger charge is 2.28. The van der Waals surface area contributed by atoms with Crippen LogP contribution in [-0.4, -0.2) is 48.4 Å². The number of likely N-dealkylation sites (N-methyl/N-ethyl adjacent to an activating group) is 1. The van der Waals surface area contributed by atoms with Crippen molar-refractivity contribution >= 4 is 5.91 Å². The Bertz CT molecular complexity index is 170. The van der Waals surface area contributed by atoms with Gasteiger partial charge in [-0.1, -0.05) is 6.92 Å². The number of hydrogen-bond donors (Lipinski definition) is 0. The summed E-state index contributed by atoms with van der Waals surface area (Å²) < 4.78 is 0. The average molecular weight is 170 g/mol. The number of rotatable bonds is 2. The molecule has 0 aromatic rings. The Morgan fingerprint density at radius 3 is 2.75 bits per heavy atom. The zero-order valence-electron chi connectivity index (χ0n) is 8.21. The van der Waals surface area contributed by atoms with Crippen molar-refractivity contribution < 1.29 is 4.79 Å². The maximum Gasteiger partial charge on any atom is 0.239 e. The van der Waals surface area contributed by atoms with Gasteiger partial charge in [0.15, 0.2) is 0 Å². The molecule has 1 unspecified atom stereocenters. The van der Waals surface area contributed by atoms with Crippen LogP contribution < -0.4 is 0 Å². The molecule has 0 N–H and O–H groups in total. The van der Waals surface area contributed by atoms with E-state index in [0.29, 0.717) is 0 Å². The molecular weight excluding hydrogens is 152 g/mol. The quantitative estimate of drug-likeness (QED) is 0.604. The minimum absolute atomic E-state index is 0.0868. The smallest absolute Gasteiger partial charge is 0.239 e. The van der Waals surface area contributed by atoms with E-state index in [1.165, 1.54) is 0 Å². The third kappa shape index (κ3) is 1.78. The van der Waals surface area contributed by atoms with Gasteiger partial charge in [0, 0.05) is 20.1 Å². The fraction of sp³-hybridized carbons (Fsp3) is 0.889. The van der Waals surface area contributed by atoms with Gasteiger partial charge in [-0.25, -0.2) is 0 Å². The first-order valence-electron chi connectivity index (χ1n) is 4.65. The monoisotopic (exact) mass is 170 g/mol. The molecule has 0 saturated carbocycles. The molecule has 1 heterocycles. The lowest BCUT2D eigenvalue weighted by Gasteiger charge is -2.37. The molecule has 70 valence electrons. The molecule has 3 heteroatoms. The summed E-state index contributed by atoms with van der Waals surface area (Å²) in [4.78, 5) is 15.6. The van der Waals surface area contributed by atoms with Gasteiger partial charge in [-0.15, -0.1) is 0 Å². The van der Waals surface area contributed by atoms with Crippen molar-refractivity contribution in [1.82, 2.24) is 9.80 Å². The maximum atomic E-state index is 11.5. The SMILES string of the molecule is CCCN1CCN(C)C(=O)C1C. The Morgan fingerprint density at radius 1 is 1.50 bits per heavy atom. The molecule has 1 rings (SSSR count). The maximum absolute atomic E-state index is 11.5. The van der Waals surface area contributed by atoms with Crippen LogP contribution in [-0.2, 0) is 4.79 Å². The Kier molecular flexibility index (Phi) is 3.09. The number of hydrogen-bond acceptors (Lipinski definition) is 2. The Morgan fingerprint density at radius 2 is 2.17 bits per heavy atom. The fourth-order valence-corrected chi connectivity index (χ4v) is 1.65. The van der Waals surface area contributed by atoms with Crippen molar-refractivity contribution in [2.75, 3.05) is 26.7 Å². The normalized spacial score (nSPS) is 26.4. The molecule has 3 nitrogen and oxygen atoms in total. The van der Waals surface area contributed by atoms with Crippen LogP contribution >= 0.6 is 0 Å². The van der Waals surface area contributed by atoms with Gasteiger partial charge < -0.3 is 4.90 Å². The van der Waals surface area contributed by atoms with Crippen LogP contribution in [0.5, 0.6) is 0 Å². The van der Waals surface area contributed by atoms with Crippen LogP contribution in [0.25, 0.3) is 0 Å². The lowest BCUT2D eigenvalue weighted by molar-refractivity contribution is -0.139. The molecule has 1 fully saturated rings. The van der Waals surface area contributed by atoms with Crippen LogP contribution in [0.1, 0.15) is 20.3 Å².